The van der Waals surface area contributed by atoms with E-state index in [-0.39, 0.29) is 0 Å². The SMILES string of the molecule is COCCOCCP.c1ccc(-c2ccccc2)cc1. The second-order valence-corrected chi connectivity index (χ2v) is 4.70. The van der Waals surface area contributed by atoms with E-state index in [4.69, 9.17) is 9.47 Å². The highest BCUT2D eigenvalue weighted by atomic mass is 31.0. The molecule has 2 nitrogen and oxygen atoms in total. The Morgan fingerprint density at radius 2 is 1.25 bits per heavy atom. The molecule has 0 spiro atoms. The molecule has 0 aliphatic carbocycles. The first-order valence-electron chi connectivity index (χ1n) is 6.75. The molecule has 108 valence electrons. The summed E-state index contributed by atoms with van der Waals surface area (Å²) in [6.07, 6.45) is 1.00. The fraction of sp³-hybridized carbons (Fsp3) is 0.294. The number of hydrogen-bond acceptors (Lipinski definition) is 2. The Hall–Kier alpha value is -1.21. The van der Waals surface area contributed by atoms with E-state index in [1.165, 1.54) is 11.1 Å². The maximum atomic E-state index is 5.08. The average molecular weight is 290 g/mol. The van der Waals surface area contributed by atoms with Gasteiger partial charge < -0.3 is 9.47 Å². The molecule has 1 unspecified atom stereocenters. The molecule has 3 heteroatoms. The highest BCUT2D eigenvalue weighted by molar-refractivity contribution is 7.16. The van der Waals surface area contributed by atoms with Gasteiger partial charge in [0.25, 0.3) is 0 Å². The number of ether oxygens (including phenoxy) is 2. The van der Waals surface area contributed by atoms with Crippen molar-refractivity contribution < 1.29 is 9.47 Å². The van der Waals surface area contributed by atoms with Gasteiger partial charge in [0.1, 0.15) is 0 Å². The molecule has 2 rings (SSSR count). The predicted molar refractivity (Wildman–Crippen MR) is 89.2 cm³/mol. The van der Waals surface area contributed by atoms with Crippen LogP contribution in [0.4, 0.5) is 0 Å². The van der Waals surface area contributed by atoms with Crippen LogP contribution in [0, 0.1) is 0 Å². The molecule has 2 aromatic rings. The molecule has 0 bridgehead atoms. The van der Waals surface area contributed by atoms with Crippen molar-refractivity contribution in [1.29, 1.82) is 0 Å². The van der Waals surface area contributed by atoms with Gasteiger partial charge in [-0.25, -0.2) is 0 Å². The quantitative estimate of drug-likeness (QED) is 0.594. The minimum absolute atomic E-state index is 0.699. The van der Waals surface area contributed by atoms with Crippen LogP contribution >= 0.6 is 9.24 Å². The number of rotatable bonds is 6. The third kappa shape index (κ3) is 7.40. The van der Waals surface area contributed by atoms with Crippen LogP contribution in [0.15, 0.2) is 60.7 Å². The van der Waals surface area contributed by atoms with E-state index in [1.54, 1.807) is 7.11 Å². The fourth-order valence-corrected chi connectivity index (χ4v) is 1.76. The molecule has 0 aliphatic rings. The summed E-state index contributed by atoms with van der Waals surface area (Å²) in [6.45, 7) is 2.23. The molecular formula is C17H23O2P. The largest absolute Gasteiger partial charge is 0.382 e. The van der Waals surface area contributed by atoms with Gasteiger partial charge in [-0.05, 0) is 17.3 Å². The second kappa shape index (κ2) is 11.6. The van der Waals surface area contributed by atoms with Gasteiger partial charge >= 0.3 is 0 Å². The first-order valence-corrected chi connectivity index (χ1v) is 7.57. The Morgan fingerprint density at radius 3 is 1.65 bits per heavy atom. The standard InChI is InChI=1S/C12H10.C5H13O2P/c1-3-7-11(8-4-1)12-9-5-2-6-10-12;1-6-2-3-7-4-5-8/h1-10H;2-5,8H2,1H3. The van der Waals surface area contributed by atoms with Gasteiger partial charge in [-0.15, -0.1) is 9.24 Å². The van der Waals surface area contributed by atoms with Crippen LogP contribution in [0.1, 0.15) is 0 Å². The second-order valence-electron chi connectivity index (χ2n) is 4.13. The molecule has 20 heavy (non-hydrogen) atoms. The van der Waals surface area contributed by atoms with Crippen molar-refractivity contribution in [3.8, 4) is 11.1 Å². The zero-order chi connectivity index (χ0) is 14.5. The Morgan fingerprint density at radius 1 is 0.750 bits per heavy atom. The highest BCUT2D eigenvalue weighted by Crippen LogP contribution is 2.17. The molecule has 0 saturated carbocycles. The first-order chi connectivity index (χ1) is 9.88. The maximum absolute atomic E-state index is 5.08. The van der Waals surface area contributed by atoms with Crippen molar-refractivity contribution in [2.45, 2.75) is 0 Å². The van der Waals surface area contributed by atoms with Gasteiger partial charge in [0.2, 0.25) is 0 Å². The Kier molecular flexibility index (Phi) is 9.77. The lowest BCUT2D eigenvalue weighted by Gasteiger charge is -1.98. The van der Waals surface area contributed by atoms with Crippen LogP contribution in [0.25, 0.3) is 11.1 Å². The fourth-order valence-electron chi connectivity index (χ4n) is 1.59. The molecule has 1 atom stereocenters. The number of hydrogen-bond donors (Lipinski definition) is 0. The van der Waals surface area contributed by atoms with Gasteiger partial charge in [-0.1, -0.05) is 60.7 Å². The van der Waals surface area contributed by atoms with Crippen molar-refractivity contribution in [3.63, 3.8) is 0 Å². The lowest BCUT2D eigenvalue weighted by molar-refractivity contribution is 0.0789. The van der Waals surface area contributed by atoms with E-state index < -0.39 is 0 Å². The molecule has 0 fully saturated rings. The Bertz CT molecular complexity index is 388. The van der Waals surface area contributed by atoms with E-state index in [2.05, 4.69) is 57.8 Å². The zero-order valence-electron chi connectivity index (χ0n) is 12.0. The summed E-state index contributed by atoms with van der Waals surface area (Å²) in [7, 11) is 4.27. The third-order valence-corrected chi connectivity index (χ3v) is 2.81. The molecule has 0 saturated heterocycles. The van der Waals surface area contributed by atoms with Gasteiger partial charge in [0.15, 0.2) is 0 Å². The van der Waals surface area contributed by atoms with Crippen LogP contribution in [-0.4, -0.2) is 33.1 Å². The van der Waals surface area contributed by atoms with Crippen molar-refractivity contribution in [3.05, 3.63) is 60.7 Å². The van der Waals surface area contributed by atoms with Crippen molar-refractivity contribution in [2.75, 3.05) is 33.1 Å². The molecule has 0 aromatic heterocycles. The van der Waals surface area contributed by atoms with Crippen molar-refractivity contribution >= 4 is 9.24 Å². The van der Waals surface area contributed by atoms with E-state index in [9.17, 15) is 0 Å². The molecule has 0 heterocycles. The maximum Gasteiger partial charge on any atom is 0.0700 e. The van der Waals surface area contributed by atoms with E-state index in [1.807, 2.05) is 12.1 Å². The van der Waals surface area contributed by atoms with Crippen LogP contribution in [-0.2, 0) is 9.47 Å². The molecule has 2 aromatic carbocycles. The van der Waals surface area contributed by atoms with Gasteiger partial charge in [0.05, 0.1) is 19.8 Å². The third-order valence-electron chi connectivity index (χ3n) is 2.57. The smallest absolute Gasteiger partial charge is 0.0700 e. The molecule has 0 N–H and O–H groups in total. The molecule has 0 radical (unpaired) electrons. The summed E-state index contributed by atoms with van der Waals surface area (Å²) in [5.74, 6) is 0. The summed E-state index contributed by atoms with van der Waals surface area (Å²) >= 11 is 0. The van der Waals surface area contributed by atoms with Gasteiger partial charge in [0, 0.05) is 7.11 Å². The summed E-state index contributed by atoms with van der Waals surface area (Å²) in [4.78, 5) is 0. The van der Waals surface area contributed by atoms with Crippen molar-refractivity contribution in [1.82, 2.24) is 0 Å². The molecule has 0 aliphatic heterocycles. The Balaban J connectivity index is 0.000000221. The minimum atomic E-state index is 0.699. The van der Waals surface area contributed by atoms with Crippen molar-refractivity contribution in [2.24, 2.45) is 0 Å². The number of benzene rings is 2. The first kappa shape index (κ1) is 16.8. The monoisotopic (exact) mass is 290 g/mol. The summed E-state index contributed by atoms with van der Waals surface area (Å²) < 4.78 is 9.83. The summed E-state index contributed by atoms with van der Waals surface area (Å²) in [6, 6.07) is 20.8. The van der Waals surface area contributed by atoms with Crippen LogP contribution in [0.3, 0.4) is 0 Å². The average Bonchev–Trinajstić information content (AvgIpc) is 2.54. The normalized spacial score (nSPS) is 9.70. The summed E-state index contributed by atoms with van der Waals surface area (Å²) in [5, 5.41) is 0. The lowest BCUT2D eigenvalue weighted by Crippen LogP contribution is -2.02. The highest BCUT2D eigenvalue weighted by Gasteiger charge is 1.91. The van der Waals surface area contributed by atoms with E-state index in [0.717, 1.165) is 12.8 Å². The van der Waals surface area contributed by atoms with Crippen LogP contribution in [0.5, 0.6) is 0 Å². The minimum Gasteiger partial charge on any atom is -0.382 e. The number of methoxy groups -OCH3 is 1. The van der Waals surface area contributed by atoms with E-state index in [0.29, 0.717) is 13.2 Å². The molecular weight excluding hydrogens is 267 g/mol. The topological polar surface area (TPSA) is 18.5 Å². The summed E-state index contributed by atoms with van der Waals surface area (Å²) in [5.41, 5.74) is 2.55. The predicted octanol–water partition coefficient (Wildman–Crippen LogP) is 3.88. The van der Waals surface area contributed by atoms with E-state index >= 15 is 0 Å². The lowest BCUT2D eigenvalue weighted by atomic mass is 10.1. The zero-order valence-corrected chi connectivity index (χ0v) is 13.2. The van der Waals surface area contributed by atoms with Crippen LogP contribution < -0.4 is 0 Å². The Labute approximate surface area is 124 Å². The molecule has 0 amide bonds. The van der Waals surface area contributed by atoms with Gasteiger partial charge in [-0.3, -0.25) is 0 Å². The van der Waals surface area contributed by atoms with Crippen LogP contribution in [0.2, 0.25) is 0 Å². The van der Waals surface area contributed by atoms with Gasteiger partial charge in [-0.2, -0.15) is 0 Å².